The molecule has 1 aromatic carbocycles. The van der Waals surface area contributed by atoms with E-state index in [2.05, 4.69) is 77.3 Å². The maximum absolute atomic E-state index is 4.51. The smallest absolute Gasteiger partial charge is 0.0450 e. The van der Waals surface area contributed by atoms with Crippen molar-refractivity contribution in [1.82, 2.24) is 10.3 Å². The Morgan fingerprint density at radius 3 is 2.65 bits per heavy atom. The van der Waals surface area contributed by atoms with Crippen molar-refractivity contribution in [3.63, 3.8) is 0 Å². The predicted octanol–water partition coefficient (Wildman–Crippen LogP) is 4.61. The molecule has 0 bridgehead atoms. The summed E-state index contributed by atoms with van der Waals surface area (Å²) in [6.07, 6.45) is 1.86. The van der Waals surface area contributed by atoms with Crippen LogP contribution in [-0.4, -0.2) is 11.5 Å². The van der Waals surface area contributed by atoms with Crippen molar-refractivity contribution < 1.29 is 0 Å². The highest BCUT2D eigenvalue weighted by molar-refractivity contribution is 9.10. The van der Waals surface area contributed by atoms with Gasteiger partial charge in [-0.1, -0.05) is 48.0 Å². The molecule has 1 aromatic heterocycles. The van der Waals surface area contributed by atoms with Gasteiger partial charge in [0.1, 0.15) is 0 Å². The lowest BCUT2D eigenvalue weighted by Gasteiger charge is -2.27. The number of nitrogens with zero attached hydrogens (tertiary/aromatic N) is 1. The fourth-order valence-corrected chi connectivity index (χ4v) is 2.93. The first-order valence-electron chi connectivity index (χ1n) is 7.04. The summed E-state index contributed by atoms with van der Waals surface area (Å²) in [6, 6.07) is 12.8. The summed E-state index contributed by atoms with van der Waals surface area (Å²) in [6.45, 7) is 7.48. The van der Waals surface area contributed by atoms with E-state index in [9.17, 15) is 0 Å². The van der Waals surface area contributed by atoms with Crippen LogP contribution in [0.5, 0.6) is 0 Å². The van der Waals surface area contributed by atoms with Gasteiger partial charge in [0.15, 0.2) is 0 Å². The van der Waals surface area contributed by atoms with Gasteiger partial charge >= 0.3 is 0 Å². The molecule has 0 fully saturated rings. The van der Waals surface area contributed by atoms with Gasteiger partial charge in [0, 0.05) is 28.3 Å². The summed E-state index contributed by atoms with van der Waals surface area (Å²) in [4.78, 5) is 4.51. The molecule has 20 heavy (non-hydrogen) atoms. The zero-order chi connectivity index (χ0) is 14.5. The summed E-state index contributed by atoms with van der Waals surface area (Å²) in [5.74, 6) is 0.323. The summed E-state index contributed by atoms with van der Waals surface area (Å²) < 4.78 is 1.16. The highest BCUT2D eigenvalue weighted by Gasteiger charge is 2.22. The molecule has 1 heterocycles. The number of likely N-dealkylation sites (N-methyl/N-ethyl adjacent to an activating group) is 1. The Kier molecular flexibility index (Phi) is 5.32. The molecule has 0 spiro atoms. The van der Waals surface area contributed by atoms with E-state index in [1.165, 1.54) is 11.1 Å². The molecule has 2 nitrogen and oxygen atoms in total. The highest BCUT2D eigenvalue weighted by atomic mass is 79.9. The van der Waals surface area contributed by atoms with Gasteiger partial charge < -0.3 is 5.32 Å². The van der Waals surface area contributed by atoms with Crippen molar-refractivity contribution in [1.29, 1.82) is 0 Å². The van der Waals surface area contributed by atoms with Crippen LogP contribution >= 0.6 is 15.9 Å². The Morgan fingerprint density at radius 2 is 2.00 bits per heavy atom. The summed E-state index contributed by atoms with van der Waals surface area (Å²) in [5, 5.41) is 3.60. The first-order chi connectivity index (χ1) is 9.65. The largest absolute Gasteiger partial charge is 0.310 e. The average molecular weight is 333 g/mol. The maximum atomic E-state index is 4.51. The second-order valence-electron chi connectivity index (χ2n) is 5.03. The number of pyridine rings is 1. The number of hydrogen-bond donors (Lipinski definition) is 1. The molecule has 2 atom stereocenters. The minimum Gasteiger partial charge on any atom is -0.310 e. The van der Waals surface area contributed by atoms with Crippen LogP contribution in [0.15, 0.2) is 47.1 Å². The van der Waals surface area contributed by atoms with Crippen LogP contribution in [0.3, 0.4) is 0 Å². The standard InChI is InChI=1S/C17H21BrN2/c1-4-19-17(13(3)16-10-5-6-11-20-16)14-8-7-9-15(18)12(14)2/h5-11,13,17,19H,4H2,1-3H3. The summed E-state index contributed by atoms with van der Waals surface area (Å²) in [7, 11) is 0. The molecule has 2 rings (SSSR count). The van der Waals surface area contributed by atoms with Gasteiger partial charge in [-0.25, -0.2) is 0 Å². The highest BCUT2D eigenvalue weighted by Crippen LogP contribution is 2.33. The van der Waals surface area contributed by atoms with E-state index in [0.717, 1.165) is 16.7 Å². The third kappa shape index (κ3) is 3.28. The molecule has 0 saturated heterocycles. The number of benzene rings is 1. The van der Waals surface area contributed by atoms with E-state index < -0.39 is 0 Å². The zero-order valence-corrected chi connectivity index (χ0v) is 13.8. The van der Waals surface area contributed by atoms with Crippen molar-refractivity contribution in [2.24, 2.45) is 0 Å². The van der Waals surface area contributed by atoms with Gasteiger partial charge in [0.2, 0.25) is 0 Å². The van der Waals surface area contributed by atoms with Crippen molar-refractivity contribution in [2.75, 3.05) is 6.54 Å². The molecule has 1 N–H and O–H groups in total. The number of aromatic nitrogens is 1. The van der Waals surface area contributed by atoms with E-state index in [1.54, 1.807) is 0 Å². The fourth-order valence-electron chi connectivity index (χ4n) is 2.55. The van der Waals surface area contributed by atoms with Gasteiger partial charge in [-0.15, -0.1) is 0 Å². The average Bonchev–Trinajstić information content (AvgIpc) is 2.48. The zero-order valence-electron chi connectivity index (χ0n) is 12.2. The van der Waals surface area contributed by atoms with Crippen molar-refractivity contribution in [3.05, 3.63) is 63.9 Å². The second kappa shape index (κ2) is 7.00. The van der Waals surface area contributed by atoms with Gasteiger partial charge in [0.05, 0.1) is 0 Å². The minimum atomic E-state index is 0.271. The van der Waals surface area contributed by atoms with E-state index in [-0.39, 0.29) is 6.04 Å². The number of hydrogen-bond acceptors (Lipinski definition) is 2. The lowest BCUT2D eigenvalue weighted by Crippen LogP contribution is -2.27. The SMILES string of the molecule is CCNC(c1cccc(Br)c1C)C(C)c1ccccn1. The number of nitrogens with one attached hydrogen (secondary N) is 1. The van der Waals surface area contributed by atoms with Crippen LogP contribution in [0.1, 0.15) is 42.6 Å². The van der Waals surface area contributed by atoms with E-state index in [1.807, 2.05) is 12.3 Å². The molecule has 0 aliphatic rings. The van der Waals surface area contributed by atoms with Crippen LogP contribution in [0.4, 0.5) is 0 Å². The first-order valence-corrected chi connectivity index (χ1v) is 7.83. The molecule has 3 heteroatoms. The first kappa shape index (κ1) is 15.2. The monoisotopic (exact) mass is 332 g/mol. The minimum absolute atomic E-state index is 0.271. The van der Waals surface area contributed by atoms with Gasteiger partial charge in [0.25, 0.3) is 0 Å². The Hall–Kier alpha value is -1.19. The molecule has 0 amide bonds. The normalized spacial score (nSPS) is 14.0. The Bertz CT molecular complexity index is 554. The number of halogens is 1. The molecule has 0 saturated carbocycles. The van der Waals surface area contributed by atoms with Crippen LogP contribution in [-0.2, 0) is 0 Å². The fraction of sp³-hybridized carbons (Fsp3) is 0.353. The van der Waals surface area contributed by atoms with Crippen molar-refractivity contribution >= 4 is 15.9 Å². The predicted molar refractivity (Wildman–Crippen MR) is 87.9 cm³/mol. The van der Waals surface area contributed by atoms with Crippen LogP contribution in [0.2, 0.25) is 0 Å². The van der Waals surface area contributed by atoms with Gasteiger partial charge in [-0.05, 0) is 42.8 Å². The van der Waals surface area contributed by atoms with Gasteiger partial charge in [-0.2, -0.15) is 0 Å². The molecule has 2 aromatic rings. The Morgan fingerprint density at radius 1 is 1.20 bits per heavy atom. The topological polar surface area (TPSA) is 24.9 Å². The molecule has 2 unspecified atom stereocenters. The number of rotatable bonds is 5. The van der Waals surface area contributed by atoms with E-state index in [4.69, 9.17) is 0 Å². The third-order valence-corrected chi connectivity index (χ3v) is 4.58. The molecular weight excluding hydrogens is 312 g/mol. The second-order valence-corrected chi connectivity index (χ2v) is 5.89. The van der Waals surface area contributed by atoms with Gasteiger partial charge in [-0.3, -0.25) is 4.98 Å². The van der Waals surface area contributed by atoms with E-state index in [0.29, 0.717) is 5.92 Å². The lowest BCUT2D eigenvalue weighted by atomic mass is 9.89. The molecule has 0 radical (unpaired) electrons. The van der Waals surface area contributed by atoms with Crippen molar-refractivity contribution in [3.8, 4) is 0 Å². The van der Waals surface area contributed by atoms with E-state index >= 15 is 0 Å². The lowest BCUT2D eigenvalue weighted by molar-refractivity contribution is 0.470. The maximum Gasteiger partial charge on any atom is 0.0450 e. The molecular formula is C17H21BrN2. The van der Waals surface area contributed by atoms with Crippen LogP contribution in [0.25, 0.3) is 0 Å². The van der Waals surface area contributed by atoms with Crippen LogP contribution < -0.4 is 5.32 Å². The molecule has 106 valence electrons. The molecule has 0 aliphatic carbocycles. The molecule has 0 aliphatic heterocycles. The Balaban J connectivity index is 2.38. The van der Waals surface area contributed by atoms with Crippen molar-refractivity contribution in [2.45, 2.75) is 32.7 Å². The third-order valence-electron chi connectivity index (χ3n) is 3.72. The Labute approximate surface area is 129 Å². The van der Waals surface area contributed by atoms with Crippen LogP contribution in [0, 0.1) is 6.92 Å². The summed E-state index contributed by atoms with van der Waals surface area (Å²) >= 11 is 3.63. The quantitative estimate of drug-likeness (QED) is 0.864. The summed E-state index contributed by atoms with van der Waals surface area (Å²) in [5.41, 5.74) is 3.75.